The quantitative estimate of drug-likeness (QED) is 0.826. The minimum Gasteiger partial charge on any atom is -0.497 e. The fraction of sp³-hybridized carbons (Fsp3) is 0.667. The molecule has 3 nitrogen and oxygen atoms in total. The van der Waals surface area contributed by atoms with Crippen molar-refractivity contribution in [2.75, 3.05) is 14.2 Å². The maximum atomic E-state index is 13.3. The molecule has 24 heavy (non-hydrogen) atoms. The molecule has 1 aromatic carbocycles. The number of hydrogen-bond donors (Lipinski definition) is 0. The van der Waals surface area contributed by atoms with Gasteiger partial charge < -0.3 is 9.64 Å². The number of hydrogen-bond acceptors (Lipinski definition) is 2. The number of benzene rings is 1. The maximum Gasteiger partial charge on any atom is 0.226 e. The van der Waals surface area contributed by atoms with Gasteiger partial charge in [0.2, 0.25) is 5.91 Å². The van der Waals surface area contributed by atoms with Gasteiger partial charge in [0, 0.05) is 13.0 Å². The van der Waals surface area contributed by atoms with E-state index >= 15 is 0 Å². The molecule has 0 saturated heterocycles. The van der Waals surface area contributed by atoms with Crippen LogP contribution in [0.15, 0.2) is 24.3 Å². The van der Waals surface area contributed by atoms with Gasteiger partial charge in [-0.1, -0.05) is 12.1 Å². The summed E-state index contributed by atoms with van der Waals surface area (Å²) in [7, 11) is 3.67. The van der Waals surface area contributed by atoms with Gasteiger partial charge in [0.15, 0.2) is 0 Å². The molecule has 4 aliphatic rings. The molecular weight excluding hydrogens is 298 g/mol. The number of amides is 1. The third kappa shape index (κ3) is 2.62. The molecule has 130 valence electrons. The fourth-order valence-corrected chi connectivity index (χ4v) is 5.86. The zero-order valence-electron chi connectivity index (χ0n) is 15.1. The Hall–Kier alpha value is -1.51. The lowest BCUT2D eigenvalue weighted by atomic mass is 9.51. The van der Waals surface area contributed by atoms with Gasteiger partial charge in [0.25, 0.3) is 0 Å². The summed E-state index contributed by atoms with van der Waals surface area (Å²) in [6.45, 7) is 2.13. The van der Waals surface area contributed by atoms with E-state index in [0.29, 0.717) is 17.7 Å². The smallest absolute Gasteiger partial charge is 0.226 e. The second kappa shape index (κ2) is 6.09. The first kappa shape index (κ1) is 16.0. The Kier molecular flexibility index (Phi) is 4.06. The average molecular weight is 327 g/mol. The summed E-state index contributed by atoms with van der Waals surface area (Å²) in [5.74, 6) is 4.66. The molecule has 1 aromatic rings. The lowest BCUT2D eigenvalue weighted by Crippen LogP contribution is -2.51. The molecule has 4 bridgehead atoms. The zero-order valence-corrected chi connectivity index (χ0v) is 15.1. The van der Waals surface area contributed by atoms with Crippen LogP contribution in [0.5, 0.6) is 5.75 Å². The summed E-state index contributed by atoms with van der Waals surface area (Å²) >= 11 is 0. The van der Waals surface area contributed by atoms with Gasteiger partial charge in [-0.15, -0.1) is 0 Å². The SMILES string of the molecule is COc1ccc(C(C)N(C)C(=O)C2C3CC4CC(C3)CC2C4)cc1. The first-order chi connectivity index (χ1) is 11.6. The van der Waals surface area contributed by atoms with Crippen LogP contribution in [0, 0.1) is 29.6 Å². The van der Waals surface area contributed by atoms with Crippen LogP contribution in [-0.4, -0.2) is 25.0 Å². The highest BCUT2D eigenvalue weighted by atomic mass is 16.5. The average Bonchev–Trinajstić information content (AvgIpc) is 2.59. The Bertz CT molecular complexity index is 581. The Morgan fingerprint density at radius 3 is 2.08 bits per heavy atom. The monoisotopic (exact) mass is 327 g/mol. The third-order valence-corrected chi connectivity index (χ3v) is 7.04. The molecule has 0 aliphatic heterocycles. The number of carbonyl (C=O) groups is 1. The van der Waals surface area contributed by atoms with Gasteiger partial charge in [-0.3, -0.25) is 4.79 Å². The second-order valence-electron chi connectivity index (χ2n) is 8.35. The van der Waals surface area contributed by atoms with Crippen LogP contribution >= 0.6 is 0 Å². The first-order valence-corrected chi connectivity index (χ1v) is 9.47. The van der Waals surface area contributed by atoms with Gasteiger partial charge in [0.1, 0.15) is 5.75 Å². The van der Waals surface area contributed by atoms with Crippen molar-refractivity contribution in [2.45, 2.75) is 45.1 Å². The molecule has 4 aliphatic carbocycles. The molecule has 3 heteroatoms. The highest BCUT2D eigenvalue weighted by molar-refractivity contribution is 5.80. The van der Waals surface area contributed by atoms with E-state index in [1.54, 1.807) is 7.11 Å². The van der Waals surface area contributed by atoms with Gasteiger partial charge >= 0.3 is 0 Å². The van der Waals surface area contributed by atoms with Crippen LogP contribution in [0.3, 0.4) is 0 Å². The summed E-state index contributed by atoms with van der Waals surface area (Å²) in [5, 5.41) is 0. The van der Waals surface area contributed by atoms with Crippen molar-refractivity contribution < 1.29 is 9.53 Å². The number of nitrogens with zero attached hydrogens (tertiary/aromatic N) is 1. The number of carbonyl (C=O) groups excluding carboxylic acids is 1. The van der Waals surface area contributed by atoms with Crippen LogP contribution in [0.25, 0.3) is 0 Å². The lowest BCUT2D eigenvalue weighted by molar-refractivity contribution is -0.149. The molecule has 1 unspecified atom stereocenters. The molecule has 4 saturated carbocycles. The molecule has 0 spiro atoms. The predicted octanol–water partition coefficient (Wildman–Crippen LogP) is 4.29. The number of methoxy groups -OCH3 is 1. The lowest BCUT2D eigenvalue weighted by Gasteiger charge is -2.54. The highest BCUT2D eigenvalue weighted by Crippen LogP contribution is 2.57. The molecule has 0 aromatic heterocycles. The van der Waals surface area contributed by atoms with Crippen molar-refractivity contribution in [2.24, 2.45) is 29.6 Å². The molecule has 0 radical (unpaired) electrons. The molecular formula is C21H29NO2. The Morgan fingerprint density at radius 1 is 1.04 bits per heavy atom. The predicted molar refractivity (Wildman–Crippen MR) is 94.7 cm³/mol. The number of ether oxygens (including phenoxy) is 1. The Morgan fingerprint density at radius 2 is 1.58 bits per heavy atom. The van der Waals surface area contributed by atoms with Crippen LogP contribution in [0.2, 0.25) is 0 Å². The van der Waals surface area contributed by atoms with E-state index in [-0.39, 0.29) is 12.0 Å². The Labute approximate surface area is 145 Å². The van der Waals surface area contributed by atoms with E-state index in [1.165, 1.54) is 37.7 Å². The van der Waals surface area contributed by atoms with Gasteiger partial charge in [-0.25, -0.2) is 0 Å². The van der Waals surface area contributed by atoms with Crippen molar-refractivity contribution in [1.29, 1.82) is 0 Å². The topological polar surface area (TPSA) is 29.5 Å². The molecule has 0 heterocycles. The highest BCUT2D eigenvalue weighted by Gasteiger charge is 2.51. The summed E-state index contributed by atoms with van der Waals surface area (Å²) < 4.78 is 5.24. The van der Waals surface area contributed by atoms with Crippen LogP contribution < -0.4 is 4.74 Å². The first-order valence-electron chi connectivity index (χ1n) is 9.47. The van der Waals surface area contributed by atoms with Crippen molar-refractivity contribution >= 4 is 5.91 Å². The van der Waals surface area contributed by atoms with Crippen LogP contribution in [-0.2, 0) is 4.79 Å². The van der Waals surface area contributed by atoms with E-state index in [0.717, 1.165) is 17.6 Å². The summed E-state index contributed by atoms with van der Waals surface area (Å²) in [6.07, 6.45) is 6.64. The number of rotatable bonds is 4. The standard InChI is InChI=1S/C21H29NO2/c1-13(16-4-6-19(24-3)7-5-16)22(2)21(23)20-17-9-14-8-15(11-17)12-18(20)10-14/h4-7,13-15,17-18,20H,8-12H2,1-3H3. The molecule has 4 fully saturated rings. The normalized spacial score (nSPS) is 34.9. The summed E-state index contributed by atoms with van der Waals surface area (Å²) in [6, 6.07) is 8.22. The zero-order chi connectivity index (χ0) is 16.8. The third-order valence-electron chi connectivity index (χ3n) is 7.04. The van der Waals surface area contributed by atoms with Crippen LogP contribution in [0.4, 0.5) is 0 Å². The fourth-order valence-electron chi connectivity index (χ4n) is 5.86. The summed E-state index contributed by atoms with van der Waals surface area (Å²) in [5.41, 5.74) is 1.18. The van der Waals surface area contributed by atoms with Crippen LogP contribution in [0.1, 0.15) is 50.6 Å². The van der Waals surface area contributed by atoms with Crippen molar-refractivity contribution in [1.82, 2.24) is 4.90 Å². The van der Waals surface area contributed by atoms with E-state index in [9.17, 15) is 4.79 Å². The van der Waals surface area contributed by atoms with Crippen molar-refractivity contribution in [3.8, 4) is 5.75 Å². The molecule has 5 rings (SSSR count). The van der Waals surface area contributed by atoms with E-state index in [4.69, 9.17) is 4.74 Å². The van der Waals surface area contributed by atoms with Crippen molar-refractivity contribution in [3.63, 3.8) is 0 Å². The second-order valence-corrected chi connectivity index (χ2v) is 8.35. The molecule has 0 N–H and O–H groups in total. The van der Waals surface area contributed by atoms with Crippen molar-refractivity contribution in [3.05, 3.63) is 29.8 Å². The molecule has 1 amide bonds. The minimum atomic E-state index is 0.112. The maximum absolute atomic E-state index is 13.3. The van der Waals surface area contributed by atoms with E-state index in [2.05, 4.69) is 19.1 Å². The molecule has 1 atom stereocenters. The van der Waals surface area contributed by atoms with Gasteiger partial charge in [0.05, 0.1) is 13.2 Å². The summed E-state index contributed by atoms with van der Waals surface area (Å²) in [4.78, 5) is 15.3. The van der Waals surface area contributed by atoms with E-state index < -0.39 is 0 Å². The van der Waals surface area contributed by atoms with Gasteiger partial charge in [-0.05, 0) is 80.4 Å². The Balaban J connectivity index is 1.49. The van der Waals surface area contributed by atoms with E-state index in [1.807, 2.05) is 24.1 Å². The minimum absolute atomic E-state index is 0.112. The largest absolute Gasteiger partial charge is 0.497 e. The van der Waals surface area contributed by atoms with Gasteiger partial charge in [-0.2, -0.15) is 0 Å².